The van der Waals surface area contributed by atoms with E-state index in [9.17, 15) is 10.1 Å². The summed E-state index contributed by atoms with van der Waals surface area (Å²) in [6.45, 7) is 6.75. The minimum absolute atomic E-state index is 0.238. The molecule has 1 amide bonds. The van der Waals surface area contributed by atoms with Gasteiger partial charge in [0.2, 0.25) is 0 Å². The second-order valence-corrected chi connectivity index (χ2v) is 8.97. The fraction of sp³-hybridized carbons (Fsp3) is 0.423. The Labute approximate surface area is 199 Å². The van der Waals surface area contributed by atoms with Crippen molar-refractivity contribution in [2.24, 2.45) is 0 Å². The highest BCUT2D eigenvalue weighted by molar-refractivity contribution is 5.80. The number of carbonyl (C=O) groups is 1. The van der Waals surface area contributed by atoms with Crippen molar-refractivity contribution in [2.75, 3.05) is 50.8 Å². The lowest BCUT2D eigenvalue weighted by Gasteiger charge is -2.35. The minimum atomic E-state index is -0.393. The summed E-state index contributed by atoms with van der Waals surface area (Å²) in [4.78, 5) is 16.1. The van der Waals surface area contributed by atoms with Crippen molar-refractivity contribution >= 4 is 17.3 Å². The van der Waals surface area contributed by atoms with Crippen LogP contribution in [0.2, 0.25) is 0 Å². The minimum Gasteiger partial charge on any atom is -0.450 e. The van der Waals surface area contributed by atoms with Gasteiger partial charge >= 0.3 is 6.09 Å². The van der Waals surface area contributed by atoms with Crippen LogP contribution >= 0.6 is 0 Å². The number of ether oxygens (including phenoxy) is 1. The number of hydrogen-bond acceptors (Lipinski definition) is 6. The van der Waals surface area contributed by atoms with E-state index in [1.165, 1.54) is 0 Å². The highest BCUT2D eigenvalue weighted by atomic mass is 16.6. The Balaban J connectivity index is 1.37. The average Bonchev–Trinajstić information content (AvgIpc) is 3.34. The van der Waals surface area contributed by atoms with E-state index in [0.717, 1.165) is 66.9 Å². The summed E-state index contributed by atoms with van der Waals surface area (Å²) in [5.74, 6) is 0. The molecular weight excluding hydrogens is 428 g/mol. The van der Waals surface area contributed by atoms with E-state index < -0.39 is 5.41 Å². The lowest BCUT2D eigenvalue weighted by molar-refractivity contribution is 0.105. The Morgan fingerprint density at radius 3 is 2.53 bits per heavy atom. The van der Waals surface area contributed by atoms with Crippen LogP contribution in [0, 0.1) is 11.3 Å². The number of piperidine rings is 1. The predicted molar refractivity (Wildman–Crippen MR) is 131 cm³/mol. The fourth-order valence-corrected chi connectivity index (χ4v) is 5.07. The van der Waals surface area contributed by atoms with Gasteiger partial charge in [-0.15, -0.1) is 0 Å². The van der Waals surface area contributed by atoms with Crippen molar-refractivity contribution in [3.05, 3.63) is 54.4 Å². The number of amides is 1. The van der Waals surface area contributed by atoms with E-state index in [4.69, 9.17) is 4.74 Å². The van der Waals surface area contributed by atoms with Crippen molar-refractivity contribution < 1.29 is 9.53 Å². The van der Waals surface area contributed by atoms with Crippen molar-refractivity contribution in [3.8, 4) is 17.2 Å². The van der Waals surface area contributed by atoms with E-state index in [0.29, 0.717) is 19.7 Å². The smallest absolute Gasteiger partial charge is 0.409 e. The van der Waals surface area contributed by atoms with E-state index in [-0.39, 0.29) is 6.09 Å². The van der Waals surface area contributed by atoms with E-state index in [2.05, 4.69) is 51.7 Å². The third-order valence-electron chi connectivity index (χ3n) is 7.07. The number of aromatic nitrogens is 2. The zero-order valence-corrected chi connectivity index (χ0v) is 19.5. The zero-order valence-electron chi connectivity index (χ0n) is 19.5. The number of carbonyl (C=O) groups excluding carboxylic acids is 1. The van der Waals surface area contributed by atoms with Gasteiger partial charge in [-0.3, -0.25) is 0 Å². The summed E-state index contributed by atoms with van der Waals surface area (Å²) in [5, 5.41) is 17.8. The maximum absolute atomic E-state index is 12.0. The monoisotopic (exact) mass is 458 g/mol. The van der Waals surface area contributed by atoms with E-state index >= 15 is 0 Å². The van der Waals surface area contributed by atoms with Gasteiger partial charge in [0.1, 0.15) is 0 Å². The van der Waals surface area contributed by atoms with Gasteiger partial charge in [-0.25, -0.2) is 9.31 Å². The van der Waals surface area contributed by atoms with Crippen molar-refractivity contribution in [1.82, 2.24) is 19.8 Å². The summed E-state index contributed by atoms with van der Waals surface area (Å²) >= 11 is 0. The average molecular weight is 459 g/mol. The molecule has 0 bridgehead atoms. The molecule has 0 radical (unpaired) electrons. The Hall–Kier alpha value is -3.57. The van der Waals surface area contributed by atoms with Gasteiger partial charge in [-0.1, -0.05) is 24.3 Å². The molecule has 2 fully saturated rings. The number of nitrogens with one attached hydrogen (secondary N) is 1. The first-order chi connectivity index (χ1) is 16.6. The van der Waals surface area contributed by atoms with Crippen LogP contribution in [0.3, 0.4) is 0 Å². The molecule has 34 heavy (non-hydrogen) atoms. The molecule has 0 saturated carbocycles. The molecule has 0 spiro atoms. The summed E-state index contributed by atoms with van der Waals surface area (Å²) in [5.41, 5.74) is 5.05. The number of nitriles is 1. The molecular formula is C26H30N6O2. The van der Waals surface area contributed by atoms with Crippen LogP contribution in [-0.4, -0.2) is 66.5 Å². The van der Waals surface area contributed by atoms with Crippen LogP contribution in [0.1, 0.15) is 25.3 Å². The van der Waals surface area contributed by atoms with E-state index in [1.54, 1.807) is 4.90 Å². The molecule has 0 atom stereocenters. The fourth-order valence-electron chi connectivity index (χ4n) is 5.07. The number of piperazine rings is 1. The first-order valence-electron chi connectivity index (χ1n) is 12.0. The highest BCUT2D eigenvalue weighted by Gasteiger charge is 2.33. The molecule has 2 aromatic heterocycles. The Morgan fingerprint density at radius 1 is 1.12 bits per heavy atom. The summed E-state index contributed by atoms with van der Waals surface area (Å²) in [6, 6.07) is 15.2. The van der Waals surface area contributed by atoms with Gasteiger partial charge in [0.05, 0.1) is 29.3 Å². The molecule has 0 aliphatic carbocycles. The molecule has 2 aliphatic heterocycles. The molecule has 1 N–H and O–H groups in total. The number of hydrogen-bond donors (Lipinski definition) is 1. The van der Waals surface area contributed by atoms with Gasteiger partial charge < -0.3 is 19.9 Å². The molecule has 1 aromatic carbocycles. The van der Waals surface area contributed by atoms with Gasteiger partial charge in [0, 0.05) is 44.1 Å². The standard InChI is InChI=1S/C26H30N6O2/c1-2-34-25(33)31-15-13-30(14-16-31)23-7-10-29-32-18-21(17-24(23)32)20-3-5-22(6-4-20)26(19-27)8-11-28-12-9-26/h3-7,10,17-18,28H,2,8-9,11-16H2,1H3. The van der Waals surface area contributed by atoms with Crippen LogP contribution in [0.4, 0.5) is 10.5 Å². The third kappa shape index (κ3) is 4.08. The maximum Gasteiger partial charge on any atom is 0.409 e. The number of nitrogens with zero attached hydrogens (tertiary/aromatic N) is 5. The second-order valence-electron chi connectivity index (χ2n) is 8.97. The predicted octanol–water partition coefficient (Wildman–Crippen LogP) is 3.42. The molecule has 0 unspecified atom stereocenters. The molecule has 4 heterocycles. The molecule has 8 nitrogen and oxygen atoms in total. The molecule has 8 heteroatoms. The maximum atomic E-state index is 12.0. The lowest BCUT2D eigenvalue weighted by Crippen LogP contribution is -2.49. The number of benzene rings is 1. The number of rotatable bonds is 4. The van der Waals surface area contributed by atoms with Crippen LogP contribution in [-0.2, 0) is 10.2 Å². The first-order valence-corrected chi connectivity index (χ1v) is 12.0. The summed E-state index contributed by atoms with van der Waals surface area (Å²) in [7, 11) is 0. The van der Waals surface area contributed by atoms with Gasteiger partial charge in [0.15, 0.2) is 0 Å². The summed E-state index contributed by atoms with van der Waals surface area (Å²) < 4.78 is 7.06. The molecule has 5 rings (SSSR count). The SMILES string of the molecule is CCOC(=O)N1CCN(c2ccnn3cc(-c4ccc(C5(C#N)CCNCC5)cc4)cc23)CC1. The third-order valence-corrected chi connectivity index (χ3v) is 7.07. The highest BCUT2D eigenvalue weighted by Crippen LogP contribution is 2.35. The van der Waals surface area contributed by atoms with Gasteiger partial charge in [-0.2, -0.15) is 10.4 Å². The Morgan fingerprint density at radius 2 is 1.85 bits per heavy atom. The normalized spacial score (nSPS) is 18.0. The lowest BCUT2D eigenvalue weighted by atomic mass is 9.74. The van der Waals surface area contributed by atoms with E-state index in [1.807, 2.05) is 29.9 Å². The molecule has 176 valence electrons. The Bertz CT molecular complexity index is 1200. The molecule has 2 saturated heterocycles. The van der Waals surface area contributed by atoms with Crippen LogP contribution in [0.5, 0.6) is 0 Å². The molecule has 3 aromatic rings. The molecule has 2 aliphatic rings. The Kier molecular flexibility index (Phi) is 6.12. The summed E-state index contributed by atoms with van der Waals surface area (Å²) in [6.07, 6.45) is 5.32. The second kappa shape index (κ2) is 9.35. The quantitative estimate of drug-likeness (QED) is 0.645. The topological polar surface area (TPSA) is 85.9 Å². The first kappa shape index (κ1) is 22.2. The largest absolute Gasteiger partial charge is 0.450 e. The van der Waals surface area contributed by atoms with Crippen LogP contribution in [0.15, 0.2) is 48.8 Å². The van der Waals surface area contributed by atoms with Gasteiger partial charge in [0.25, 0.3) is 0 Å². The number of anilines is 1. The zero-order chi connectivity index (χ0) is 23.5. The van der Waals surface area contributed by atoms with Crippen LogP contribution < -0.4 is 10.2 Å². The van der Waals surface area contributed by atoms with Crippen molar-refractivity contribution in [1.29, 1.82) is 5.26 Å². The van der Waals surface area contributed by atoms with Crippen molar-refractivity contribution in [2.45, 2.75) is 25.2 Å². The van der Waals surface area contributed by atoms with Crippen molar-refractivity contribution in [3.63, 3.8) is 0 Å². The van der Waals surface area contributed by atoms with Crippen LogP contribution in [0.25, 0.3) is 16.6 Å². The van der Waals surface area contributed by atoms with Gasteiger partial charge in [-0.05, 0) is 56.1 Å². The number of fused-ring (bicyclic) bond motifs is 1.